The van der Waals surface area contributed by atoms with Crippen LogP contribution in [0.3, 0.4) is 0 Å². The molecule has 0 aliphatic heterocycles. The standard InChI is InChI=1S/C61H111N2O6P/c1-6-8-10-12-14-16-18-20-22-24-25-26-27-28-29-30-31-32-33-34-35-36-37-39-41-43-45-47-49-51-53-55-61(65)62-59(58-69-70(66,67)68-57-56-63(3,4)5)60(64)54-52-50-48-46-44-42-40-38-23-21-19-17-15-13-11-9-7-2/h8,10,14,16,20,22,25-26,28-29,44,46,52,54,59-60,64H,6-7,9,11-13,15,17-19,21,23-24,27,30-43,45,47-51,53,55-58H2,1-5H3,(H-,62,65,66,67)/p+1/b10-8-,16-14-,22-20-,26-25-,29-28-,46-44+,54-52+. The Kier molecular flexibility index (Phi) is 49.9. The molecule has 0 aliphatic carbocycles. The molecule has 0 spiro atoms. The van der Waals surface area contributed by atoms with Gasteiger partial charge in [0.1, 0.15) is 13.2 Å². The Morgan fingerprint density at radius 2 is 0.871 bits per heavy atom. The number of nitrogens with one attached hydrogen (secondary N) is 1. The zero-order chi connectivity index (χ0) is 51.3. The molecule has 0 aliphatic rings. The summed E-state index contributed by atoms with van der Waals surface area (Å²) in [7, 11) is 1.55. The van der Waals surface area contributed by atoms with Gasteiger partial charge in [0.05, 0.1) is 39.9 Å². The zero-order valence-electron chi connectivity index (χ0n) is 46.2. The zero-order valence-corrected chi connectivity index (χ0v) is 47.1. The number of phosphoric acid groups is 1. The van der Waals surface area contributed by atoms with Crippen LogP contribution in [0.5, 0.6) is 0 Å². The van der Waals surface area contributed by atoms with Crippen LogP contribution in [0.2, 0.25) is 0 Å². The van der Waals surface area contributed by atoms with Crippen molar-refractivity contribution in [3.8, 4) is 0 Å². The van der Waals surface area contributed by atoms with Crippen LogP contribution in [0.15, 0.2) is 85.1 Å². The van der Waals surface area contributed by atoms with E-state index < -0.39 is 20.0 Å². The third kappa shape index (κ3) is 53.5. The molecule has 0 saturated heterocycles. The topological polar surface area (TPSA) is 105 Å². The molecule has 8 nitrogen and oxygen atoms in total. The lowest BCUT2D eigenvalue weighted by molar-refractivity contribution is -0.870. The summed E-state index contributed by atoms with van der Waals surface area (Å²) in [5, 5.41) is 13.9. The number of rotatable bonds is 52. The van der Waals surface area contributed by atoms with Gasteiger partial charge in [0.2, 0.25) is 5.91 Å². The number of aliphatic hydroxyl groups excluding tert-OH is 1. The van der Waals surface area contributed by atoms with Gasteiger partial charge in [-0.25, -0.2) is 4.57 Å². The van der Waals surface area contributed by atoms with E-state index in [4.69, 9.17) is 9.05 Å². The number of hydrogen-bond donors (Lipinski definition) is 3. The first-order valence-corrected chi connectivity index (χ1v) is 30.5. The van der Waals surface area contributed by atoms with E-state index in [1.807, 2.05) is 27.2 Å². The molecule has 0 aromatic rings. The average molecular weight is 1000 g/mol. The second-order valence-electron chi connectivity index (χ2n) is 20.6. The first-order valence-electron chi connectivity index (χ1n) is 29.0. The Morgan fingerprint density at radius 1 is 0.500 bits per heavy atom. The molecule has 0 rings (SSSR count). The number of phosphoric ester groups is 1. The van der Waals surface area contributed by atoms with Crippen molar-refractivity contribution >= 4 is 13.7 Å². The van der Waals surface area contributed by atoms with Gasteiger partial charge in [-0.2, -0.15) is 0 Å². The number of likely N-dealkylation sites (N-methyl/N-ethyl adjacent to an activating group) is 1. The van der Waals surface area contributed by atoms with Crippen molar-refractivity contribution in [1.82, 2.24) is 5.32 Å². The monoisotopic (exact) mass is 1000 g/mol. The molecule has 1 amide bonds. The Balaban J connectivity index is 4.17. The van der Waals surface area contributed by atoms with E-state index in [0.717, 1.165) is 70.6 Å². The minimum absolute atomic E-state index is 0.0538. The Labute approximate surface area is 433 Å². The average Bonchev–Trinajstić information content (AvgIpc) is 3.32. The maximum atomic E-state index is 13.0. The van der Waals surface area contributed by atoms with Crippen LogP contribution >= 0.6 is 7.82 Å². The van der Waals surface area contributed by atoms with Crippen molar-refractivity contribution in [1.29, 1.82) is 0 Å². The maximum absolute atomic E-state index is 13.0. The van der Waals surface area contributed by atoms with Crippen LogP contribution in [0.1, 0.15) is 245 Å². The molecular formula is C61H112N2O6P+. The lowest BCUT2D eigenvalue weighted by Gasteiger charge is -2.25. The number of nitrogens with zero attached hydrogens (tertiary/aromatic N) is 1. The smallest absolute Gasteiger partial charge is 0.387 e. The van der Waals surface area contributed by atoms with Gasteiger partial charge in [-0.05, 0) is 77.0 Å². The number of aliphatic hydroxyl groups is 1. The summed E-state index contributed by atoms with van der Waals surface area (Å²) >= 11 is 0. The van der Waals surface area contributed by atoms with Crippen LogP contribution in [-0.2, 0) is 18.4 Å². The molecule has 0 aromatic heterocycles. The first kappa shape index (κ1) is 67.7. The molecule has 0 radical (unpaired) electrons. The minimum Gasteiger partial charge on any atom is -0.387 e. The largest absolute Gasteiger partial charge is 0.472 e. The molecular weight excluding hydrogens is 888 g/mol. The first-order chi connectivity index (χ1) is 34.0. The van der Waals surface area contributed by atoms with E-state index in [1.54, 1.807) is 6.08 Å². The summed E-state index contributed by atoms with van der Waals surface area (Å²) in [5.41, 5.74) is 0. The number of quaternary nitrogens is 1. The molecule has 0 fully saturated rings. The van der Waals surface area contributed by atoms with Gasteiger partial charge in [-0.3, -0.25) is 13.8 Å². The highest BCUT2D eigenvalue weighted by atomic mass is 31.2. The third-order valence-corrected chi connectivity index (χ3v) is 13.6. The number of hydrogen-bond acceptors (Lipinski definition) is 5. The van der Waals surface area contributed by atoms with Crippen LogP contribution in [-0.4, -0.2) is 73.4 Å². The lowest BCUT2D eigenvalue weighted by atomic mass is 10.0. The molecule has 70 heavy (non-hydrogen) atoms. The van der Waals surface area contributed by atoms with Crippen LogP contribution in [0.4, 0.5) is 0 Å². The van der Waals surface area contributed by atoms with E-state index in [1.165, 1.54) is 154 Å². The summed E-state index contributed by atoms with van der Waals surface area (Å²) in [6, 6.07) is -0.867. The number of amides is 1. The van der Waals surface area contributed by atoms with Crippen molar-refractivity contribution < 1.29 is 32.9 Å². The number of unbranched alkanes of at least 4 members (excludes halogenated alkanes) is 27. The van der Waals surface area contributed by atoms with Crippen molar-refractivity contribution in [3.05, 3.63) is 85.1 Å². The molecule has 3 atom stereocenters. The Bertz CT molecular complexity index is 1410. The number of carbonyl (C=O) groups excluding carboxylic acids is 1. The summed E-state index contributed by atoms with van der Waals surface area (Å²) < 4.78 is 23.7. The van der Waals surface area contributed by atoms with E-state index in [9.17, 15) is 19.4 Å². The summed E-state index contributed by atoms with van der Waals surface area (Å²) in [4.78, 5) is 23.3. The van der Waals surface area contributed by atoms with Crippen molar-refractivity contribution in [2.24, 2.45) is 0 Å². The fourth-order valence-electron chi connectivity index (χ4n) is 8.09. The second kappa shape index (κ2) is 51.6. The highest BCUT2D eigenvalue weighted by Gasteiger charge is 2.27. The van der Waals surface area contributed by atoms with Gasteiger partial charge in [-0.1, -0.05) is 247 Å². The molecule has 0 heterocycles. The van der Waals surface area contributed by atoms with Crippen LogP contribution < -0.4 is 5.32 Å². The number of allylic oxidation sites excluding steroid dienone is 13. The van der Waals surface area contributed by atoms with E-state index in [0.29, 0.717) is 17.4 Å². The minimum atomic E-state index is -4.36. The summed E-state index contributed by atoms with van der Waals surface area (Å²) in [6.45, 7) is 4.69. The van der Waals surface area contributed by atoms with E-state index in [-0.39, 0.29) is 19.1 Å². The van der Waals surface area contributed by atoms with E-state index >= 15 is 0 Å². The van der Waals surface area contributed by atoms with Gasteiger partial charge in [-0.15, -0.1) is 0 Å². The van der Waals surface area contributed by atoms with Gasteiger partial charge < -0.3 is 19.8 Å². The fraction of sp³-hybridized carbons (Fsp3) is 0.754. The Hall–Kier alpha value is -2.32. The molecule has 0 aromatic carbocycles. The molecule has 0 saturated carbocycles. The second-order valence-corrected chi connectivity index (χ2v) is 22.1. The van der Waals surface area contributed by atoms with Crippen molar-refractivity contribution in [2.75, 3.05) is 40.9 Å². The molecule has 0 bridgehead atoms. The van der Waals surface area contributed by atoms with Crippen molar-refractivity contribution in [2.45, 2.75) is 257 Å². The van der Waals surface area contributed by atoms with Gasteiger partial charge in [0, 0.05) is 6.42 Å². The van der Waals surface area contributed by atoms with Gasteiger partial charge in [0.15, 0.2) is 0 Å². The van der Waals surface area contributed by atoms with Gasteiger partial charge >= 0.3 is 7.82 Å². The normalized spacial score (nSPS) is 14.6. The maximum Gasteiger partial charge on any atom is 0.472 e. The predicted octanol–water partition coefficient (Wildman–Crippen LogP) is 17.6. The molecule has 3 unspecified atom stereocenters. The van der Waals surface area contributed by atoms with E-state index in [2.05, 4.69) is 92.1 Å². The Morgan fingerprint density at radius 3 is 1.31 bits per heavy atom. The lowest BCUT2D eigenvalue weighted by Crippen LogP contribution is -2.45. The molecule has 9 heteroatoms. The van der Waals surface area contributed by atoms with Crippen LogP contribution in [0.25, 0.3) is 0 Å². The molecule has 3 N–H and O–H groups in total. The number of carbonyl (C=O) groups is 1. The quantitative estimate of drug-likeness (QED) is 0.0243. The van der Waals surface area contributed by atoms with Crippen molar-refractivity contribution in [3.63, 3.8) is 0 Å². The van der Waals surface area contributed by atoms with Crippen LogP contribution in [0, 0.1) is 0 Å². The highest BCUT2D eigenvalue weighted by molar-refractivity contribution is 7.47. The predicted molar refractivity (Wildman–Crippen MR) is 304 cm³/mol. The summed E-state index contributed by atoms with van der Waals surface area (Å²) in [5.74, 6) is -0.188. The third-order valence-electron chi connectivity index (χ3n) is 12.6. The highest BCUT2D eigenvalue weighted by Crippen LogP contribution is 2.43. The molecule has 406 valence electrons. The summed E-state index contributed by atoms with van der Waals surface area (Å²) in [6.07, 6.45) is 72.6. The van der Waals surface area contributed by atoms with Gasteiger partial charge in [0.25, 0.3) is 0 Å². The fourth-order valence-corrected chi connectivity index (χ4v) is 8.82. The SMILES string of the molecule is CC/C=C\C/C=C\C/C=C\C/C=C\C/C=C\CCCCCCCCCCCCCCCCCC(=O)NC(COP(=O)(O)OCC[N+](C)(C)C)C(O)/C=C/CC/C=C/CCCCCCCCCCCCC.